The number of halogens is 1. The van der Waals surface area contributed by atoms with E-state index in [2.05, 4.69) is 32.9 Å². The van der Waals surface area contributed by atoms with E-state index in [1.807, 2.05) is 48.5 Å². The zero-order chi connectivity index (χ0) is 17.6. The minimum Gasteiger partial charge on any atom is -0.451 e. The Morgan fingerprint density at radius 3 is 2.56 bits per heavy atom. The van der Waals surface area contributed by atoms with E-state index in [0.717, 1.165) is 14.1 Å². The third-order valence-electron chi connectivity index (χ3n) is 3.22. The molecule has 0 bridgehead atoms. The van der Waals surface area contributed by atoms with Crippen LogP contribution < -0.4 is 5.32 Å². The number of amides is 1. The molecule has 0 aliphatic rings. The van der Waals surface area contributed by atoms with Crippen molar-refractivity contribution in [1.82, 2.24) is 4.98 Å². The lowest BCUT2D eigenvalue weighted by atomic mass is 10.2. The van der Waals surface area contributed by atoms with Crippen LogP contribution in [0.3, 0.4) is 0 Å². The van der Waals surface area contributed by atoms with E-state index in [4.69, 9.17) is 4.74 Å². The summed E-state index contributed by atoms with van der Waals surface area (Å²) in [5, 5.41) is 5.07. The normalized spacial score (nSPS) is 10.3. The van der Waals surface area contributed by atoms with E-state index >= 15 is 0 Å². The van der Waals surface area contributed by atoms with Gasteiger partial charge in [0, 0.05) is 14.5 Å². The summed E-state index contributed by atoms with van der Waals surface area (Å²) in [5.41, 5.74) is 1.82. The van der Waals surface area contributed by atoms with Crippen molar-refractivity contribution in [2.45, 2.75) is 0 Å². The molecule has 1 heterocycles. The number of nitrogens with zero attached hydrogens (tertiary/aromatic N) is 1. The number of nitrogens with one attached hydrogen (secondary N) is 1. The number of carbonyl (C=O) groups is 2. The highest BCUT2D eigenvalue weighted by atomic mass is 127. The Kier molecular flexibility index (Phi) is 5.77. The number of esters is 1. The smallest absolute Gasteiger partial charge is 0.358 e. The molecule has 3 rings (SSSR count). The molecule has 1 N–H and O–H groups in total. The zero-order valence-electron chi connectivity index (χ0n) is 12.9. The van der Waals surface area contributed by atoms with Crippen LogP contribution in [0.5, 0.6) is 0 Å². The lowest BCUT2D eigenvalue weighted by Gasteiger charge is -2.07. The third-order valence-corrected chi connectivity index (χ3v) is 5.05. The van der Waals surface area contributed by atoms with Gasteiger partial charge in [-0.15, -0.1) is 11.3 Å². The fourth-order valence-electron chi connectivity index (χ4n) is 2.03. The molecule has 25 heavy (non-hydrogen) atoms. The van der Waals surface area contributed by atoms with Crippen molar-refractivity contribution in [3.05, 3.63) is 69.2 Å². The summed E-state index contributed by atoms with van der Waals surface area (Å²) in [5.74, 6) is -1.01. The van der Waals surface area contributed by atoms with E-state index in [1.165, 1.54) is 11.3 Å². The van der Waals surface area contributed by atoms with Crippen LogP contribution in [0.15, 0.2) is 60.0 Å². The van der Waals surface area contributed by atoms with Crippen molar-refractivity contribution in [3.63, 3.8) is 0 Å². The van der Waals surface area contributed by atoms with Gasteiger partial charge in [-0.25, -0.2) is 9.78 Å². The van der Waals surface area contributed by atoms with E-state index in [0.29, 0.717) is 5.69 Å². The van der Waals surface area contributed by atoms with Gasteiger partial charge in [0.1, 0.15) is 5.01 Å². The maximum Gasteiger partial charge on any atom is 0.358 e. The molecule has 0 saturated carbocycles. The number of carbonyl (C=O) groups excluding carboxylic acids is 2. The molecule has 3 aromatic rings. The molecule has 0 aliphatic carbocycles. The zero-order valence-corrected chi connectivity index (χ0v) is 15.9. The van der Waals surface area contributed by atoms with Gasteiger partial charge in [-0.3, -0.25) is 4.79 Å². The largest absolute Gasteiger partial charge is 0.451 e. The summed E-state index contributed by atoms with van der Waals surface area (Å²) in [6.45, 7) is -0.359. The molecule has 1 amide bonds. The molecule has 0 atom stereocenters. The van der Waals surface area contributed by atoms with Crippen LogP contribution in [0, 0.1) is 3.57 Å². The molecule has 0 saturated heterocycles. The number of aromatic nitrogens is 1. The number of benzene rings is 2. The van der Waals surface area contributed by atoms with Crippen LogP contribution >= 0.6 is 33.9 Å². The Balaban J connectivity index is 1.57. The van der Waals surface area contributed by atoms with Crippen molar-refractivity contribution < 1.29 is 14.3 Å². The van der Waals surface area contributed by atoms with Crippen molar-refractivity contribution in [2.24, 2.45) is 0 Å². The summed E-state index contributed by atoms with van der Waals surface area (Å²) in [7, 11) is 0. The molecule has 0 radical (unpaired) electrons. The van der Waals surface area contributed by atoms with Crippen LogP contribution in [0.1, 0.15) is 10.5 Å². The first kappa shape index (κ1) is 17.6. The van der Waals surface area contributed by atoms with Gasteiger partial charge < -0.3 is 10.1 Å². The van der Waals surface area contributed by atoms with Crippen LogP contribution in [-0.4, -0.2) is 23.5 Å². The summed E-state index contributed by atoms with van der Waals surface area (Å²) >= 11 is 3.48. The minimum absolute atomic E-state index is 0.200. The molecule has 0 aliphatic heterocycles. The van der Waals surface area contributed by atoms with Crippen molar-refractivity contribution in [3.8, 4) is 10.6 Å². The summed E-state index contributed by atoms with van der Waals surface area (Å²) in [6, 6.07) is 16.9. The Labute approximate surface area is 162 Å². The second-order valence-electron chi connectivity index (χ2n) is 5.01. The van der Waals surface area contributed by atoms with E-state index in [-0.39, 0.29) is 12.3 Å². The lowest BCUT2D eigenvalue weighted by molar-refractivity contribution is -0.119. The highest BCUT2D eigenvalue weighted by molar-refractivity contribution is 14.1. The van der Waals surface area contributed by atoms with Crippen LogP contribution in [0.25, 0.3) is 10.6 Å². The molecule has 5 nitrogen and oxygen atoms in total. The van der Waals surface area contributed by atoms with Crippen molar-refractivity contribution >= 4 is 51.5 Å². The van der Waals surface area contributed by atoms with Gasteiger partial charge in [-0.2, -0.15) is 0 Å². The van der Waals surface area contributed by atoms with E-state index in [9.17, 15) is 9.59 Å². The summed E-state index contributed by atoms with van der Waals surface area (Å²) < 4.78 is 5.95. The van der Waals surface area contributed by atoms with Crippen LogP contribution in [0.2, 0.25) is 0 Å². The Morgan fingerprint density at radius 2 is 1.80 bits per heavy atom. The third kappa shape index (κ3) is 4.64. The quantitative estimate of drug-likeness (QED) is 0.454. The molecule has 7 heteroatoms. The molecule has 1 aromatic heterocycles. The lowest BCUT2D eigenvalue weighted by Crippen LogP contribution is -2.21. The number of ether oxygens (including phenoxy) is 1. The van der Waals surface area contributed by atoms with Gasteiger partial charge in [0.15, 0.2) is 12.3 Å². The Hall–Kier alpha value is -2.26. The van der Waals surface area contributed by atoms with Gasteiger partial charge in [0.2, 0.25) is 0 Å². The monoisotopic (exact) mass is 464 g/mol. The molecule has 0 unspecified atom stereocenters. The fourth-order valence-corrected chi connectivity index (χ4v) is 3.35. The SMILES string of the molecule is O=C(COC(=O)c1csc(-c2ccccc2)n1)Nc1ccccc1I. The highest BCUT2D eigenvalue weighted by Gasteiger charge is 2.15. The van der Waals surface area contributed by atoms with E-state index < -0.39 is 11.9 Å². The molecule has 126 valence electrons. The first-order valence-corrected chi connectivity index (χ1v) is 9.32. The van der Waals surface area contributed by atoms with Gasteiger partial charge in [-0.1, -0.05) is 42.5 Å². The van der Waals surface area contributed by atoms with Crippen LogP contribution in [0.4, 0.5) is 5.69 Å². The Bertz CT molecular complexity index is 896. The predicted octanol–water partition coefficient (Wildman–Crippen LogP) is 4.21. The molecular formula is C18H13IN2O3S. The average molecular weight is 464 g/mol. The van der Waals surface area contributed by atoms with E-state index in [1.54, 1.807) is 11.4 Å². The average Bonchev–Trinajstić information content (AvgIpc) is 3.13. The standard InChI is InChI=1S/C18H13IN2O3S/c19-13-8-4-5-9-14(13)20-16(22)10-24-18(23)15-11-25-17(21-15)12-6-2-1-3-7-12/h1-9,11H,10H2,(H,20,22). The summed E-state index contributed by atoms with van der Waals surface area (Å²) in [6.07, 6.45) is 0. The van der Waals surface area contributed by atoms with Gasteiger partial charge in [-0.05, 0) is 34.7 Å². The minimum atomic E-state index is -0.615. The number of para-hydroxylation sites is 1. The molecule has 0 fully saturated rings. The molecule has 0 spiro atoms. The fraction of sp³-hybridized carbons (Fsp3) is 0.0556. The van der Waals surface area contributed by atoms with Gasteiger partial charge in [0.05, 0.1) is 5.69 Å². The molecular weight excluding hydrogens is 451 g/mol. The first-order chi connectivity index (χ1) is 12.1. The van der Waals surface area contributed by atoms with Crippen molar-refractivity contribution in [1.29, 1.82) is 0 Å². The van der Waals surface area contributed by atoms with Crippen LogP contribution in [-0.2, 0) is 9.53 Å². The number of rotatable bonds is 5. The maximum absolute atomic E-state index is 12.1. The number of thiazole rings is 1. The second kappa shape index (κ2) is 8.21. The topological polar surface area (TPSA) is 68.3 Å². The van der Waals surface area contributed by atoms with Crippen molar-refractivity contribution in [2.75, 3.05) is 11.9 Å². The highest BCUT2D eigenvalue weighted by Crippen LogP contribution is 2.23. The molecule has 2 aromatic carbocycles. The van der Waals surface area contributed by atoms with Gasteiger partial charge in [0.25, 0.3) is 5.91 Å². The maximum atomic E-state index is 12.1. The summed E-state index contributed by atoms with van der Waals surface area (Å²) in [4.78, 5) is 28.2. The number of hydrogen-bond acceptors (Lipinski definition) is 5. The number of anilines is 1. The second-order valence-corrected chi connectivity index (χ2v) is 7.03. The van der Waals surface area contributed by atoms with Gasteiger partial charge >= 0.3 is 5.97 Å². The Morgan fingerprint density at radius 1 is 1.08 bits per heavy atom. The first-order valence-electron chi connectivity index (χ1n) is 7.36. The predicted molar refractivity (Wildman–Crippen MR) is 106 cm³/mol. The number of hydrogen-bond donors (Lipinski definition) is 1.